The summed E-state index contributed by atoms with van der Waals surface area (Å²) in [5.74, 6) is 0. The van der Waals surface area contributed by atoms with Crippen LogP contribution in [0.3, 0.4) is 0 Å². The molecule has 1 heterocycles. The number of nitrogens with zero attached hydrogens (tertiary/aromatic N) is 1. The molecule has 2 aromatic rings. The topological polar surface area (TPSA) is 15.3 Å². The third-order valence-corrected chi connectivity index (χ3v) is 6.72. The largest absolute Gasteiger partial charge is 0.362 e. The lowest BCUT2D eigenvalue weighted by Gasteiger charge is -2.54. The lowest BCUT2D eigenvalue weighted by atomic mass is 9.50. The summed E-state index contributed by atoms with van der Waals surface area (Å²) in [5.41, 5.74) is 9.46. The van der Waals surface area contributed by atoms with Gasteiger partial charge >= 0.3 is 0 Å². The number of anilines is 1. The number of hydrogen-bond donors (Lipinski definition) is 1. The minimum absolute atomic E-state index is 0.171. The van der Waals surface area contributed by atoms with Gasteiger partial charge in [0.15, 0.2) is 0 Å². The van der Waals surface area contributed by atoms with Crippen LogP contribution in [0.25, 0.3) is 0 Å². The van der Waals surface area contributed by atoms with E-state index in [1.165, 1.54) is 24.1 Å². The summed E-state index contributed by atoms with van der Waals surface area (Å²) in [5, 5.41) is 3.51. The van der Waals surface area contributed by atoms with Crippen molar-refractivity contribution in [2.75, 3.05) is 18.6 Å². The van der Waals surface area contributed by atoms with E-state index < -0.39 is 0 Å². The summed E-state index contributed by atoms with van der Waals surface area (Å²) in [7, 11) is 2.19. The molecule has 118 valence electrons. The predicted octanol–water partition coefficient (Wildman–Crippen LogP) is 3.90. The SMILES string of the molecule is CN1CNCc2cc3c(cc21)C1(C)CCC3(C)c2ccccc21. The van der Waals surface area contributed by atoms with Gasteiger partial charge in [-0.2, -0.15) is 0 Å². The zero-order valence-corrected chi connectivity index (χ0v) is 14.2. The van der Waals surface area contributed by atoms with E-state index in [0.717, 1.165) is 13.2 Å². The van der Waals surface area contributed by atoms with Crippen LogP contribution < -0.4 is 10.2 Å². The molecule has 2 atom stereocenters. The Labute approximate surface area is 138 Å². The van der Waals surface area contributed by atoms with Gasteiger partial charge in [0.05, 0.1) is 6.67 Å². The number of hydrogen-bond acceptors (Lipinski definition) is 2. The Balaban J connectivity index is 1.84. The van der Waals surface area contributed by atoms with Crippen LogP contribution in [0.2, 0.25) is 0 Å². The molecule has 2 unspecified atom stereocenters. The Kier molecular flexibility index (Phi) is 2.48. The molecule has 2 nitrogen and oxygen atoms in total. The quantitative estimate of drug-likeness (QED) is 0.794. The molecule has 1 aliphatic heterocycles. The molecule has 0 fully saturated rings. The minimum Gasteiger partial charge on any atom is -0.362 e. The summed E-state index contributed by atoms with van der Waals surface area (Å²) >= 11 is 0. The lowest BCUT2D eigenvalue weighted by molar-refractivity contribution is 0.326. The van der Waals surface area contributed by atoms with Crippen LogP contribution in [-0.4, -0.2) is 13.7 Å². The second kappa shape index (κ2) is 4.18. The van der Waals surface area contributed by atoms with E-state index >= 15 is 0 Å². The third-order valence-electron chi connectivity index (χ3n) is 6.72. The van der Waals surface area contributed by atoms with Crippen LogP contribution in [0.4, 0.5) is 5.69 Å². The first kappa shape index (κ1) is 13.6. The fourth-order valence-electron chi connectivity index (χ4n) is 5.26. The predicted molar refractivity (Wildman–Crippen MR) is 95.1 cm³/mol. The Hall–Kier alpha value is -1.80. The van der Waals surface area contributed by atoms with Gasteiger partial charge in [-0.1, -0.05) is 44.2 Å². The standard InChI is InChI=1S/C21H24N2/c1-20-8-9-21(2,16-7-5-4-6-15(16)20)18-11-19-14(10-17(18)20)12-22-13-23(19)3/h4-7,10-11,22H,8-9,12-13H2,1-3H3. The highest BCUT2D eigenvalue weighted by molar-refractivity contribution is 5.68. The van der Waals surface area contributed by atoms with Crippen molar-refractivity contribution in [2.24, 2.45) is 0 Å². The molecule has 0 saturated carbocycles. The van der Waals surface area contributed by atoms with E-state index in [1.807, 2.05) is 0 Å². The molecule has 0 amide bonds. The number of nitrogens with one attached hydrogen (secondary N) is 1. The smallest absolute Gasteiger partial charge is 0.0681 e. The van der Waals surface area contributed by atoms with Crippen molar-refractivity contribution >= 4 is 5.69 Å². The molecule has 4 aliphatic rings. The van der Waals surface area contributed by atoms with Crippen LogP contribution in [0, 0.1) is 0 Å². The first-order chi connectivity index (χ1) is 11.0. The van der Waals surface area contributed by atoms with Gasteiger partial charge in [-0.25, -0.2) is 0 Å². The summed E-state index contributed by atoms with van der Waals surface area (Å²) in [4.78, 5) is 2.35. The zero-order valence-electron chi connectivity index (χ0n) is 14.2. The molecule has 0 saturated heterocycles. The normalized spacial score (nSPS) is 30.7. The Morgan fingerprint density at radius 1 is 0.913 bits per heavy atom. The van der Waals surface area contributed by atoms with Crippen LogP contribution in [0.5, 0.6) is 0 Å². The van der Waals surface area contributed by atoms with Gasteiger partial charge in [0.1, 0.15) is 0 Å². The monoisotopic (exact) mass is 304 g/mol. The van der Waals surface area contributed by atoms with Gasteiger partial charge in [0.2, 0.25) is 0 Å². The molecule has 6 rings (SSSR count). The summed E-state index contributed by atoms with van der Waals surface area (Å²) in [6, 6.07) is 14.1. The fourth-order valence-corrected chi connectivity index (χ4v) is 5.26. The van der Waals surface area contributed by atoms with Crippen molar-refractivity contribution < 1.29 is 0 Å². The average molecular weight is 304 g/mol. The summed E-state index contributed by atoms with van der Waals surface area (Å²) in [6.45, 7) is 6.84. The molecule has 2 aromatic carbocycles. The lowest BCUT2D eigenvalue weighted by Crippen LogP contribution is -2.47. The molecule has 2 bridgehead atoms. The third kappa shape index (κ3) is 1.53. The Morgan fingerprint density at radius 3 is 2.17 bits per heavy atom. The maximum atomic E-state index is 3.51. The van der Waals surface area contributed by atoms with E-state index in [0.29, 0.717) is 0 Å². The highest BCUT2D eigenvalue weighted by atomic mass is 15.2. The highest BCUT2D eigenvalue weighted by Crippen LogP contribution is 2.59. The van der Waals surface area contributed by atoms with E-state index in [2.05, 4.69) is 67.5 Å². The molecular weight excluding hydrogens is 280 g/mol. The Bertz CT molecular complexity index is 825. The van der Waals surface area contributed by atoms with Gasteiger partial charge in [0.25, 0.3) is 0 Å². The van der Waals surface area contributed by atoms with Crippen LogP contribution in [-0.2, 0) is 17.4 Å². The molecule has 1 N–H and O–H groups in total. The van der Waals surface area contributed by atoms with E-state index in [-0.39, 0.29) is 10.8 Å². The fraction of sp³-hybridized carbons (Fsp3) is 0.429. The molecular formula is C21H24N2. The summed E-state index contributed by atoms with van der Waals surface area (Å²) < 4.78 is 0. The van der Waals surface area contributed by atoms with Gasteiger partial charge in [-0.05, 0) is 46.7 Å². The van der Waals surface area contributed by atoms with Crippen molar-refractivity contribution in [3.05, 3.63) is 64.2 Å². The van der Waals surface area contributed by atoms with Crippen molar-refractivity contribution in [3.8, 4) is 0 Å². The molecule has 0 spiro atoms. The van der Waals surface area contributed by atoms with Crippen molar-refractivity contribution in [3.63, 3.8) is 0 Å². The first-order valence-electron chi connectivity index (χ1n) is 8.74. The number of benzene rings is 2. The second-order valence-electron chi connectivity index (χ2n) is 8.02. The molecule has 23 heavy (non-hydrogen) atoms. The van der Waals surface area contributed by atoms with Crippen molar-refractivity contribution in [1.82, 2.24) is 5.32 Å². The van der Waals surface area contributed by atoms with Crippen molar-refractivity contribution in [1.29, 1.82) is 0 Å². The average Bonchev–Trinajstić information content (AvgIpc) is 2.57. The Morgan fingerprint density at radius 2 is 1.52 bits per heavy atom. The van der Waals surface area contributed by atoms with E-state index in [4.69, 9.17) is 0 Å². The van der Waals surface area contributed by atoms with Gasteiger partial charge < -0.3 is 4.90 Å². The minimum atomic E-state index is 0.171. The first-order valence-corrected chi connectivity index (χ1v) is 8.74. The van der Waals surface area contributed by atoms with Gasteiger partial charge in [-0.3, -0.25) is 5.32 Å². The van der Waals surface area contributed by atoms with Gasteiger partial charge in [0, 0.05) is 30.1 Å². The van der Waals surface area contributed by atoms with Crippen LogP contribution >= 0.6 is 0 Å². The number of fused-ring (bicyclic) bond motifs is 2. The maximum Gasteiger partial charge on any atom is 0.0681 e. The van der Waals surface area contributed by atoms with E-state index in [9.17, 15) is 0 Å². The summed E-state index contributed by atoms with van der Waals surface area (Å²) in [6.07, 6.45) is 2.52. The zero-order chi connectivity index (χ0) is 15.8. The number of rotatable bonds is 0. The molecule has 3 aliphatic carbocycles. The second-order valence-corrected chi connectivity index (χ2v) is 8.02. The van der Waals surface area contributed by atoms with E-state index in [1.54, 1.807) is 22.3 Å². The maximum absolute atomic E-state index is 3.51. The van der Waals surface area contributed by atoms with Crippen LogP contribution in [0.1, 0.15) is 54.5 Å². The molecule has 2 heteroatoms. The van der Waals surface area contributed by atoms with Crippen molar-refractivity contribution in [2.45, 2.75) is 44.1 Å². The molecule has 0 radical (unpaired) electrons. The highest BCUT2D eigenvalue weighted by Gasteiger charge is 2.51. The van der Waals surface area contributed by atoms with Crippen LogP contribution in [0.15, 0.2) is 36.4 Å². The molecule has 0 aromatic heterocycles. The van der Waals surface area contributed by atoms with Gasteiger partial charge in [-0.15, -0.1) is 0 Å².